The number of anilines is 3. The van der Waals surface area contributed by atoms with Gasteiger partial charge in [-0.2, -0.15) is 0 Å². The SMILES string of the molecule is COc1ccc(OC)c(Nc2nc3ccccc3nc2NS(=O)(=O)CCCC(=O)O)c1. The molecule has 0 spiro atoms. The van der Waals surface area contributed by atoms with E-state index in [1.807, 2.05) is 0 Å². The highest BCUT2D eigenvalue weighted by Gasteiger charge is 2.18. The lowest BCUT2D eigenvalue weighted by Crippen LogP contribution is -2.19. The van der Waals surface area contributed by atoms with Crippen LogP contribution in [-0.4, -0.2) is 49.4 Å². The highest BCUT2D eigenvalue weighted by molar-refractivity contribution is 7.92. The largest absolute Gasteiger partial charge is 0.497 e. The zero-order chi connectivity index (χ0) is 22.4. The van der Waals surface area contributed by atoms with E-state index >= 15 is 0 Å². The summed E-state index contributed by atoms with van der Waals surface area (Å²) in [5.74, 6) is -0.228. The maximum Gasteiger partial charge on any atom is 0.303 e. The zero-order valence-electron chi connectivity index (χ0n) is 17.0. The smallest absolute Gasteiger partial charge is 0.303 e. The van der Waals surface area contributed by atoms with Gasteiger partial charge in [0.2, 0.25) is 10.0 Å². The van der Waals surface area contributed by atoms with Crippen LogP contribution in [0.1, 0.15) is 12.8 Å². The van der Waals surface area contributed by atoms with Crippen molar-refractivity contribution in [2.75, 3.05) is 30.0 Å². The number of methoxy groups -OCH3 is 2. The first kappa shape index (κ1) is 22.1. The molecule has 0 saturated carbocycles. The van der Waals surface area contributed by atoms with E-state index < -0.39 is 16.0 Å². The zero-order valence-corrected chi connectivity index (χ0v) is 17.8. The number of aliphatic carboxylic acids is 1. The number of sulfonamides is 1. The van der Waals surface area contributed by atoms with E-state index in [0.717, 1.165) is 0 Å². The van der Waals surface area contributed by atoms with E-state index in [4.69, 9.17) is 14.6 Å². The fourth-order valence-corrected chi connectivity index (χ4v) is 3.87. The molecule has 0 radical (unpaired) electrons. The van der Waals surface area contributed by atoms with Crippen molar-refractivity contribution >= 4 is 44.3 Å². The van der Waals surface area contributed by atoms with Crippen LogP contribution in [0.5, 0.6) is 11.5 Å². The van der Waals surface area contributed by atoms with Crippen molar-refractivity contribution in [3.05, 3.63) is 42.5 Å². The first-order chi connectivity index (χ1) is 14.8. The summed E-state index contributed by atoms with van der Waals surface area (Å²) < 4.78 is 38.0. The Morgan fingerprint density at radius 1 is 1.03 bits per heavy atom. The second kappa shape index (κ2) is 9.47. The van der Waals surface area contributed by atoms with E-state index in [-0.39, 0.29) is 30.2 Å². The Hall–Kier alpha value is -3.60. The van der Waals surface area contributed by atoms with E-state index in [9.17, 15) is 13.2 Å². The van der Waals surface area contributed by atoms with Crippen LogP contribution in [0.25, 0.3) is 11.0 Å². The van der Waals surface area contributed by atoms with Gasteiger partial charge in [0.1, 0.15) is 11.5 Å². The average Bonchev–Trinajstić information content (AvgIpc) is 2.73. The molecule has 10 nitrogen and oxygen atoms in total. The van der Waals surface area contributed by atoms with Crippen LogP contribution in [0, 0.1) is 0 Å². The molecule has 0 saturated heterocycles. The van der Waals surface area contributed by atoms with Gasteiger partial charge in [-0.15, -0.1) is 0 Å². The molecular weight excluding hydrogens is 424 g/mol. The second-order valence-electron chi connectivity index (χ2n) is 6.52. The molecule has 2 aromatic carbocycles. The molecule has 3 N–H and O–H groups in total. The third kappa shape index (κ3) is 5.72. The Bertz CT molecular complexity index is 1200. The number of carboxylic acids is 1. The van der Waals surface area contributed by atoms with Gasteiger partial charge in [0, 0.05) is 12.5 Å². The summed E-state index contributed by atoms with van der Waals surface area (Å²) in [6, 6.07) is 12.1. The predicted molar refractivity (Wildman–Crippen MR) is 117 cm³/mol. The fourth-order valence-electron chi connectivity index (χ4n) is 2.81. The maximum absolute atomic E-state index is 12.5. The molecule has 0 fully saturated rings. The minimum absolute atomic E-state index is 0.0149. The molecule has 0 bridgehead atoms. The van der Waals surface area contributed by atoms with Crippen LogP contribution in [0.4, 0.5) is 17.3 Å². The van der Waals surface area contributed by atoms with Crippen molar-refractivity contribution in [1.29, 1.82) is 0 Å². The third-order valence-corrected chi connectivity index (χ3v) is 5.62. The molecule has 0 atom stereocenters. The first-order valence-electron chi connectivity index (χ1n) is 9.29. The predicted octanol–water partition coefficient (Wildman–Crippen LogP) is 3.00. The van der Waals surface area contributed by atoms with E-state index in [1.165, 1.54) is 14.2 Å². The fraction of sp³-hybridized carbons (Fsp3) is 0.250. The van der Waals surface area contributed by atoms with Gasteiger partial charge in [-0.1, -0.05) is 12.1 Å². The first-order valence-corrected chi connectivity index (χ1v) is 10.9. The summed E-state index contributed by atoms with van der Waals surface area (Å²) in [5.41, 5.74) is 1.55. The summed E-state index contributed by atoms with van der Waals surface area (Å²) >= 11 is 0. The number of aromatic nitrogens is 2. The maximum atomic E-state index is 12.5. The van der Waals surface area contributed by atoms with Gasteiger partial charge in [-0.3, -0.25) is 9.52 Å². The number of nitrogens with one attached hydrogen (secondary N) is 2. The monoisotopic (exact) mass is 446 g/mol. The summed E-state index contributed by atoms with van der Waals surface area (Å²) in [5, 5.41) is 11.8. The summed E-state index contributed by atoms with van der Waals surface area (Å²) in [7, 11) is -0.823. The van der Waals surface area contributed by atoms with Crippen LogP contribution >= 0.6 is 0 Å². The Labute approximate surface area is 179 Å². The minimum atomic E-state index is -3.85. The summed E-state index contributed by atoms with van der Waals surface area (Å²) in [6.45, 7) is 0. The number of fused-ring (bicyclic) bond motifs is 1. The van der Waals surface area contributed by atoms with Crippen molar-refractivity contribution in [3.63, 3.8) is 0 Å². The molecule has 11 heteroatoms. The standard InChI is InChI=1S/C20H22N4O6S/c1-29-13-9-10-17(30-2)16(12-13)23-19-20(22-15-7-4-3-6-14(15)21-19)24-31(27,28)11-5-8-18(25)26/h3-4,6-7,9-10,12H,5,8,11H2,1-2H3,(H,21,23)(H,22,24)(H,25,26). The van der Waals surface area contributed by atoms with Gasteiger partial charge in [-0.25, -0.2) is 18.4 Å². The normalized spacial score (nSPS) is 11.2. The highest BCUT2D eigenvalue weighted by Crippen LogP contribution is 2.33. The number of carbonyl (C=O) groups is 1. The number of carboxylic acid groups (broad SMARTS) is 1. The third-order valence-electron chi connectivity index (χ3n) is 4.29. The molecule has 0 amide bonds. The Morgan fingerprint density at radius 2 is 1.71 bits per heavy atom. The molecule has 164 valence electrons. The molecule has 3 rings (SSSR count). The van der Waals surface area contributed by atoms with Gasteiger partial charge in [0.05, 0.1) is 36.7 Å². The molecule has 0 aliphatic rings. The number of nitrogens with zero attached hydrogens (tertiary/aromatic N) is 2. The molecule has 1 aromatic heterocycles. The molecular formula is C20H22N4O6S. The lowest BCUT2D eigenvalue weighted by molar-refractivity contribution is -0.137. The molecule has 0 aliphatic carbocycles. The topological polar surface area (TPSA) is 140 Å². The van der Waals surface area contributed by atoms with Crippen LogP contribution < -0.4 is 19.5 Å². The van der Waals surface area contributed by atoms with Crippen molar-refractivity contribution < 1.29 is 27.8 Å². The number of hydrogen-bond donors (Lipinski definition) is 3. The van der Waals surface area contributed by atoms with Crippen LogP contribution in [-0.2, 0) is 14.8 Å². The Morgan fingerprint density at radius 3 is 2.32 bits per heavy atom. The van der Waals surface area contributed by atoms with Gasteiger partial charge >= 0.3 is 5.97 Å². The van der Waals surface area contributed by atoms with Gasteiger partial charge in [-0.05, 0) is 30.7 Å². The summed E-state index contributed by atoms with van der Waals surface area (Å²) in [6.07, 6.45) is -0.283. The van der Waals surface area contributed by atoms with Gasteiger partial charge in [0.15, 0.2) is 11.6 Å². The average molecular weight is 446 g/mol. The van der Waals surface area contributed by atoms with Crippen molar-refractivity contribution in [3.8, 4) is 11.5 Å². The lowest BCUT2D eigenvalue weighted by Gasteiger charge is -2.16. The van der Waals surface area contributed by atoms with Gasteiger partial charge < -0.3 is 19.9 Å². The van der Waals surface area contributed by atoms with E-state index in [0.29, 0.717) is 28.2 Å². The van der Waals surface area contributed by atoms with Gasteiger partial charge in [0.25, 0.3) is 0 Å². The van der Waals surface area contributed by atoms with Crippen LogP contribution in [0.3, 0.4) is 0 Å². The molecule has 31 heavy (non-hydrogen) atoms. The van der Waals surface area contributed by atoms with E-state index in [1.54, 1.807) is 42.5 Å². The number of para-hydroxylation sites is 2. The Kier molecular flexibility index (Phi) is 6.75. The van der Waals surface area contributed by atoms with Crippen molar-refractivity contribution in [2.24, 2.45) is 0 Å². The molecule has 0 unspecified atom stereocenters. The van der Waals surface area contributed by atoms with Crippen molar-refractivity contribution in [2.45, 2.75) is 12.8 Å². The molecule has 0 aliphatic heterocycles. The lowest BCUT2D eigenvalue weighted by atomic mass is 10.2. The van der Waals surface area contributed by atoms with Crippen molar-refractivity contribution in [1.82, 2.24) is 9.97 Å². The second-order valence-corrected chi connectivity index (χ2v) is 8.36. The Balaban J connectivity index is 1.99. The van der Waals surface area contributed by atoms with Crippen LogP contribution in [0.15, 0.2) is 42.5 Å². The number of ether oxygens (including phenoxy) is 2. The highest BCUT2D eigenvalue weighted by atomic mass is 32.2. The quantitative estimate of drug-likeness (QED) is 0.429. The number of hydrogen-bond acceptors (Lipinski definition) is 8. The van der Waals surface area contributed by atoms with Crippen LogP contribution in [0.2, 0.25) is 0 Å². The molecule has 1 heterocycles. The minimum Gasteiger partial charge on any atom is -0.497 e. The number of rotatable bonds is 10. The summed E-state index contributed by atoms with van der Waals surface area (Å²) in [4.78, 5) is 19.6. The molecule has 3 aromatic rings. The number of benzene rings is 2. The van der Waals surface area contributed by atoms with E-state index in [2.05, 4.69) is 20.0 Å².